The third-order valence-corrected chi connectivity index (χ3v) is 3.92. The van der Waals surface area contributed by atoms with Gasteiger partial charge < -0.3 is 15.7 Å². The van der Waals surface area contributed by atoms with E-state index in [1.165, 1.54) is 0 Å². The predicted octanol–water partition coefficient (Wildman–Crippen LogP) is 1.66. The van der Waals surface area contributed by atoms with Crippen LogP contribution in [0.25, 0.3) is 0 Å². The van der Waals surface area contributed by atoms with Gasteiger partial charge in [0.25, 0.3) is 0 Å². The zero-order valence-corrected chi connectivity index (χ0v) is 10.9. The van der Waals surface area contributed by atoms with Gasteiger partial charge >= 0.3 is 0 Å². The average molecular weight is 275 g/mol. The second-order valence-corrected chi connectivity index (χ2v) is 5.11. The number of hydrogen-bond donors (Lipinski definition) is 3. The summed E-state index contributed by atoms with van der Waals surface area (Å²) in [4.78, 5) is 0. The van der Waals surface area contributed by atoms with E-state index in [-0.39, 0.29) is 12.0 Å². The molecule has 1 saturated heterocycles. The van der Waals surface area contributed by atoms with Crippen molar-refractivity contribution in [3.63, 3.8) is 0 Å². The van der Waals surface area contributed by atoms with Gasteiger partial charge in [-0.3, -0.25) is 0 Å². The third kappa shape index (κ3) is 3.33. The van der Waals surface area contributed by atoms with Gasteiger partial charge in [0.05, 0.1) is 16.1 Å². The highest BCUT2D eigenvalue weighted by Crippen LogP contribution is 2.25. The molecule has 0 spiro atoms. The fourth-order valence-electron chi connectivity index (χ4n) is 2.00. The minimum atomic E-state index is -0.252. The van der Waals surface area contributed by atoms with Crippen LogP contribution in [0.3, 0.4) is 0 Å². The molecule has 0 bridgehead atoms. The minimum absolute atomic E-state index is 0.252. The van der Waals surface area contributed by atoms with Crippen LogP contribution in [0.1, 0.15) is 5.56 Å². The number of aliphatic hydroxyl groups is 1. The molecular weight excluding hydrogens is 259 g/mol. The van der Waals surface area contributed by atoms with Crippen LogP contribution in [-0.2, 0) is 6.54 Å². The Kier molecular flexibility index (Phi) is 4.65. The Balaban J connectivity index is 1.84. The summed E-state index contributed by atoms with van der Waals surface area (Å²) in [5.74, 6) is 0.271. The van der Waals surface area contributed by atoms with E-state index in [1.807, 2.05) is 12.1 Å². The topological polar surface area (TPSA) is 44.3 Å². The van der Waals surface area contributed by atoms with Crippen molar-refractivity contribution in [2.45, 2.75) is 12.6 Å². The van der Waals surface area contributed by atoms with Gasteiger partial charge in [-0.1, -0.05) is 35.3 Å². The number of β-amino-alcohol motifs (C(OH)–C–C–N with tert-alkyl or cyclic N) is 1. The lowest BCUT2D eigenvalue weighted by molar-refractivity contribution is 0.146. The zero-order chi connectivity index (χ0) is 12.3. The fraction of sp³-hybridized carbons (Fsp3) is 0.500. The molecule has 1 heterocycles. The summed E-state index contributed by atoms with van der Waals surface area (Å²) < 4.78 is 0. The molecule has 0 aromatic heterocycles. The monoisotopic (exact) mass is 274 g/mol. The average Bonchev–Trinajstić information content (AvgIpc) is 2.71. The van der Waals surface area contributed by atoms with Gasteiger partial charge in [0.2, 0.25) is 0 Å². The lowest BCUT2D eigenvalue weighted by Gasteiger charge is -2.14. The lowest BCUT2D eigenvalue weighted by Crippen LogP contribution is -2.30. The number of halogens is 2. The first-order valence-electron chi connectivity index (χ1n) is 5.71. The van der Waals surface area contributed by atoms with Gasteiger partial charge in [0, 0.05) is 32.1 Å². The standard InChI is InChI=1S/C12H16Cl2N2O/c13-10-3-1-2-8(12(10)14)4-15-5-9-6-16-7-11(9)17/h1-3,9,11,15-17H,4-7H2. The summed E-state index contributed by atoms with van der Waals surface area (Å²) in [5, 5.41) is 17.3. The molecule has 5 heteroatoms. The molecule has 0 aliphatic carbocycles. The first kappa shape index (κ1) is 13.1. The quantitative estimate of drug-likeness (QED) is 0.783. The molecule has 94 valence electrons. The largest absolute Gasteiger partial charge is 0.391 e. The van der Waals surface area contributed by atoms with Crippen LogP contribution in [0.15, 0.2) is 18.2 Å². The molecule has 1 aliphatic rings. The van der Waals surface area contributed by atoms with Gasteiger partial charge in [-0.15, -0.1) is 0 Å². The van der Waals surface area contributed by atoms with Crippen molar-refractivity contribution < 1.29 is 5.11 Å². The molecule has 2 atom stereocenters. The summed E-state index contributed by atoms with van der Waals surface area (Å²) in [6, 6.07) is 5.61. The van der Waals surface area contributed by atoms with Crippen molar-refractivity contribution in [1.29, 1.82) is 0 Å². The molecule has 3 nitrogen and oxygen atoms in total. The van der Waals surface area contributed by atoms with E-state index in [2.05, 4.69) is 10.6 Å². The van der Waals surface area contributed by atoms with Crippen LogP contribution in [0, 0.1) is 5.92 Å². The van der Waals surface area contributed by atoms with Gasteiger partial charge in [-0.2, -0.15) is 0 Å². The third-order valence-electron chi connectivity index (χ3n) is 3.06. The van der Waals surface area contributed by atoms with Crippen LogP contribution in [0.4, 0.5) is 0 Å². The lowest BCUT2D eigenvalue weighted by atomic mass is 10.1. The summed E-state index contributed by atoms with van der Waals surface area (Å²) >= 11 is 12.0. The molecule has 1 aromatic carbocycles. The van der Waals surface area contributed by atoms with Crippen molar-refractivity contribution in [2.75, 3.05) is 19.6 Å². The van der Waals surface area contributed by atoms with Crippen molar-refractivity contribution in [2.24, 2.45) is 5.92 Å². The van der Waals surface area contributed by atoms with Crippen LogP contribution in [0.5, 0.6) is 0 Å². The van der Waals surface area contributed by atoms with Crippen LogP contribution >= 0.6 is 23.2 Å². The van der Waals surface area contributed by atoms with E-state index in [9.17, 15) is 5.11 Å². The van der Waals surface area contributed by atoms with Gasteiger partial charge in [-0.25, -0.2) is 0 Å². The van der Waals surface area contributed by atoms with Crippen LogP contribution < -0.4 is 10.6 Å². The molecule has 1 aliphatic heterocycles. The smallest absolute Gasteiger partial charge is 0.0716 e. The Labute approximate surface area is 111 Å². The Bertz CT molecular complexity index is 387. The highest BCUT2D eigenvalue weighted by atomic mass is 35.5. The summed E-state index contributed by atoms with van der Waals surface area (Å²) in [6.07, 6.45) is -0.252. The number of rotatable bonds is 4. The fourth-order valence-corrected chi connectivity index (χ4v) is 2.39. The highest BCUT2D eigenvalue weighted by molar-refractivity contribution is 6.42. The summed E-state index contributed by atoms with van der Waals surface area (Å²) in [7, 11) is 0. The van der Waals surface area contributed by atoms with Crippen LogP contribution in [0.2, 0.25) is 10.0 Å². The Morgan fingerprint density at radius 3 is 2.88 bits per heavy atom. The van der Waals surface area contributed by atoms with E-state index in [1.54, 1.807) is 6.07 Å². The Morgan fingerprint density at radius 2 is 2.18 bits per heavy atom. The highest BCUT2D eigenvalue weighted by Gasteiger charge is 2.24. The zero-order valence-electron chi connectivity index (χ0n) is 9.42. The van der Waals surface area contributed by atoms with Gasteiger partial charge in [0.1, 0.15) is 0 Å². The summed E-state index contributed by atoms with van der Waals surface area (Å²) in [5.41, 5.74) is 0.986. The maximum Gasteiger partial charge on any atom is 0.0716 e. The number of hydrogen-bond acceptors (Lipinski definition) is 3. The second-order valence-electron chi connectivity index (χ2n) is 4.33. The van der Waals surface area contributed by atoms with Gasteiger partial charge in [0.15, 0.2) is 0 Å². The Morgan fingerprint density at radius 1 is 1.35 bits per heavy atom. The molecule has 17 heavy (non-hydrogen) atoms. The van der Waals surface area contributed by atoms with Crippen molar-refractivity contribution in [3.05, 3.63) is 33.8 Å². The first-order chi connectivity index (χ1) is 8.18. The second kappa shape index (κ2) is 6.03. The maximum absolute atomic E-state index is 9.64. The van der Waals surface area contributed by atoms with Crippen LogP contribution in [-0.4, -0.2) is 30.8 Å². The van der Waals surface area contributed by atoms with E-state index >= 15 is 0 Å². The van der Waals surface area contributed by atoms with E-state index < -0.39 is 0 Å². The molecular formula is C12H16Cl2N2O. The molecule has 0 saturated carbocycles. The maximum atomic E-state index is 9.64. The molecule has 2 rings (SSSR count). The number of nitrogens with one attached hydrogen (secondary N) is 2. The molecule has 2 unspecified atom stereocenters. The van der Waals surface area contributed by atoms with Crippen molar-refractivity contribution >= 4 is 23.2 Å². The summed E-state index contributed by atoms with van der Waals surface area (Å²) in [6.45, 7) is 2.99. The van der Waals surface area contributed by atoms with E-state index in [4.69, 9.17) is 23.2 Å². The van der Waals surface area contributed by atoms with E-state index in [0.717, 1.165) is 18.7 Å². The molecule has 1 fully saturated rings. The molecule has 0 radical (unpaired) electrons. The molecule has 0 amide bonds. The Hall–Kier alpha value is -0.320. The molecule has 3 N–H and O–H groups in total. The molecule has 1 aromatic rings. The van der Waals surface area contributed by atoms with Gasteiger partial charge in [-0.05, 0) is 11.6 Å². The number of benzene rings is 1. The number of aliphatic hydroxyl groups excluding tert-OH is 1. The van der Waals surface area contributed by atoms with Crippen molar-refractivity contribution in [1.82, 2.24) is 10.6 Å². The first-order valence-corrected chi connectivity index (χ1v) is 6.46. The van der Waals surface area contributed by atoms with Crippen molar-refractivity contribution in [3.8, 4) is 0 Å². The SMILES string of the molecule is OC1CNCC1CNCc1cccc(Cl)c1Cl. The minimum Gasteiger partial charge on any atom is -0.391 e. The van der Waals surface area contributed by atoms with E-state index in [0.29, 0.717) is 23.1 Å². The predicted molar refractivity (Wildman–Crippen MR) is 70.5 cm³/mol. The normalized spacial score (nSPS) is 24.2.